The van der Waals surface area contributed by atoms with Gasteiger partial charge in [0, 0.05) is 5.02 Å². The van der Waals surface area contributed by atoms with Gasteiger partial charge in [-0.15, -0.1) is 0 Å². The smallest absolute Gasteiger partial charge is 0.153 e. The highest BCUT2D eigenvalue weighted by atomic mass is 35.5. The largest absolute Gasteiger partial charge is 0.492 e. The zero-order chi connectivity index (χ0) is 18.6. The van der Waals surface area contributed by atoms with Crippen LogP contribution in [0, 0.1) is 0 Å². The summed E-state index contributed by atoms with van der Waals surface area (Å²) in [6.45, 7) is 0.493. The van der Waals surface area contributed by atoms with E-state index in [2.05, 4.69) is 24.3 Å². The minimum atomic E-state index is 0.320. The molecule has 0 fully saturated rings. The quantitative estimate of drug-likeness (QED) is 0.342. The topological polar surface area (TPSA) is 43.4 Å². The van der Waals surface area contributed by atoms with Gasteiger partial charge in [-0.05, 0) is 37.0 Å². The Bertz CT molecular complexity index is 669. The van der Waals surface area contributed by atoms with Gasteiger partial charge in [-0.3, -0.25) is 9.59 Å². The van der Waals surface area contributed by atoms with Crippen molar-refractivity contribution < 1.29 is 14.3 Å². The maximum atomic E-state index is 11.1. The van der Waals surface area contributed by atoms with E-state index in [-0.39, 0.29) is 0 Å². The van der Waals surface area contributed by atoms with Crippen LogP contribution in [0.1, 0.15) is 64.8 Å². The molecular formula is C22H25ClO3. The van der Waals surface area contributed by atoms with Gasteiger partial charge in [0.2, 0.25) is 0 Å². The molecule has 0 amide bonds. The average molecular weight is 373 g/mol. The lowest BCUT2D eigenvalue weighted by Gasteiger charge is -2.11. The number of ether oxygens (including phenoxy) is 1. The maximum absolute atomic E-state index is 11.1. The van der Waals surface area contributed by atoms with E-state index in [1.165, 1.54) is 43.4 Å². The van der Waals surface area contributed by atoms with E-state index in [9.17, 15) is 9.59 Å². The maximum Gasteiger partial charge on any atom is 0.153 e. The summed E-state index contributed by atoms with van der Waals surface area (Å²) in [4.78, 5) is 22.3. The molecule has 2 aromatic rings. The van der Waals surface area contributed by atoms with Gasteiger partial charge < -0.3 is 4.74 Å². The summed E-state index contributed by atoms with van der Waals surface area (Å²) in [6, 6.07) is 13.6. The molecule has 3 nitrogen and oxygen atoms in total. The first-order valence-electron chi connectivity index (χ1n) is 9.15. The second kappa shape index (κ2) is 11.5. The third-order valence-corrected chi connectivity index (χ3v) is 4.53. The fourth-order valence-corrected chi connectivity index (χ4v) is 3.17. The van der Waals surface area contributed by atoms with E-state index >= 15 is 0 Å². The predicted octanol–water partition coefficient (Wildman–Crippen LogP) is 5.93. The van der Waals surface area contributed by atoms with Crippen molar-refractivity contribution in [2.75, 3.05) is 6.61 Å². The van der Waals surface area contributed by atoms with Gasteiger partial charge in [0.05, 0.1) is 17.7 Å². The van der Waals surface area contributed by atoms with Gasteiger partial charge in [-0.1, -0.05) is 67.6 Å². The average Bonchev–Trinajstić information content (AvgIpc) is 2.67. The SMILES string of the molecule is O=Cc1cc(Cl)cc(C=O)c1OCCCCCCCCc1ccccc1. The van der Waals surface area contributed by atoms with Crippen molar-refractivity contribution in [3.63, 3.8) is 0 Å². The second-order valence-electron chi connectivity index (χ2n) is 6.35. The zero-order valence-corrected chi connectivity index (χ0v) is 15.7. The number of aldehydes is 2. The van der Waals surface area contributed by atoms with Crippen molar-refractivity contribution in [1.29, 1.82) is 0 Å². The highest BCUT2D eigenvalue weighted by Gasteiger charge is 2.11. The number of carbonyl (C=O) groups is 2. The predicted molar refractivity (Wildman–Crippen MR) is 106 cm³/mol. The molecule has 0 aromatic heterocycles. The minimum Gasteiger partial charge on any atom is -0.492 e. The van der Waals surface area contributed by atoms with Gasteiger partial charge in [-0.2, -0.15) is 0 Å². The molecule has 0 atom stereocenters. The van der Waals surface area contributed by atoms with Crippen LogP contribution in [0.3, 0.4) is 0 Å². The number of halogens is 1. The number of hydrogen-bond donors (Lipinski definition) is 0. The molecule has 2 aromatic carbocycles. The number of carbonyl (C=O) groups excluding carboxylic acids is 2. The lowest BCUT2D eigenvalue weighted by Crippen LogP contribution is -2.03. The number of rotatable bonds is 12. The monoisotopic (exact) mass is 372 g/mol. The Morgan fingerprint density at radius 1 is 0.808 bits per heavy atom. The Morgan fingerprint density at radius 3 is 2.00 bits per heavy atom. The van der Waals surface area contributed by atoms with Crippen molar-refractivity contribution >= 4 is 24.2 Å². The van der Waals surface area contributed by atoms with E-state index in [1.54, 1.807) is 0 Å². The molecule has 138 valence electrons. The molecule has 0 radical (unpaired) electrons. The fourth-order valence-electron chi connectivity index (χ4n) is 2.94. The standard InChI is InChI=1S/C22H25ClO3/c23-21-14-19(16-24)22(20(15-21)17-25)26-13-9-4-2-1-3-6-10-18-11-7-5-8-12-18/h5,7-8,11-12,14-17H,1-4,6,9-10,13H2. The highest BCUT2D eigenvalue weighted by Crippen LogP contribution is 2.26. The Kier molecular flexibility index (Phi) is 8.91. The zero-order valence-electron chi connectivity index (χ0n) is 15.0. The molecule has 0 aliphatic heterocycles. The number of benzene rings is 2. The van der Waals surface area contributed by atoms with E-state index < -0.39 is 0 Å². The molecule has 4 heteroatoms. The molecule has 2 rings (SSSR count). The number of aryl methyl sites for hydroxylation is 1. The number of hydrogen-bond acceptors (Lipinski definition) is 3. The van der Waals surface area contributed by atoms with Crippen LogP contribution in [-0.2, 0) is 6.42 Å². The molecule has 0 spiro atoms. The van der Waals surface area contributed by atoms with Crippen molar-refractivity contribution in [2.45, 2.75) is 44.9 Å². The first-order chi connectivity index (χ1) is 12.7. The summed E-state index contributed by atoms with van der Waals surface area (Å²) < 4.78 is 5.67. The van der Waals surface area contributed by atoms with E-state index in [4.69, 9.17) is 16.3 Å². The molecule has 0 aliphatic carbocycles. The molecule has 0 heterocycles. The third-order valence-electron chi connectivity index (χ3n) is 4.31. The lowest BCUT2D eigenvalue weighted by molar-refractivity contribution is 0.111. The van der Waals surface area contributed by atoms with Gasteiger partial charge >= 0.3 is 0 Å². The van der Waals surface area contributed by atoms with Crippen LogP contribution in [0.2, 0.25) is 5.02 Å². The molecular weight excluding hydrogens is 348 g/mol. The van der Waals surface area contributed by atoms with Gasteiger partial charge in [0.1, 0.15) is 5.75 Å². The van der Waals surface area contributed by atoms with E-state index in [1.807, 2.05) is 6.07 Å². The normalized spacial score (nSPS) is 10.5. The Hall–Kier alpha value is -2.13. The lowest BCUT2D eigenvalue weighted by atomic mass is 10.1. The molecule has 0 bridgehead atoms. The van der Waals surface area contributed by atoms with E-state index in [0.717, 1.165) is 19.3 Å². The van der Waals surface area contributed by atoms with Crippen molar-refractivity contribution in [2.24, 2.45) is 0 Å². The Morgan fingerprint density at radius 2 is 1.38 bits per heavy atom. The first kappa shape index (κ1) is 20.2. The first-order valence-corrected chi connectivity index (χ1v) is 9.53. The van der Waals surface area contributed by atoms with Crippen molar-refractivity contribution in [3.05, 3.63) is 64.2 Å². The molecule has 0 unspecified atom stereocenters. The Balaban J connectivity index is 1.61. The fraction of sp³-hybridized carbons (Fsp3) is 0.364. The highest BCUT2D eigenvalue weighted by molar-refractivity contribution is 6.31. The minimum absolute atomic E-state index is 0.320. The summed E-state index contributed by atoms with van der Waals surface area (Å²) in [5, 5.41) is 0.358. The summed E-state index contributed by atoms with van der Waals surface area (Å²) in [7, 11) is 0. The summed E-state index contributed by atoms with van der Waals surface area (Å²) in [5.41, 5.74) is 2.04. The van der Waals surface area contributed by atoms with Crippen LogP contribution in [0.4, 0.5) is 0 Å². The summed E-state index contributed by atoms with van der Waals surface area (Å²) >= 11 is 5.89. The van der Waals surface area contributed by atoms with Crippen molar-refractivity contribution in [3.8, 4) is 5.75 Å². The third kappa shape index (κ3) is 6.64. The van der Waals surface area contributed by atoms with Crippen LogP contribution in [0.5, 0.6) is 5.75 Å². The summed E-state index contributed by atoms with van der Waals surface area (Å²) in [5.74, 6) is 0.335. The Labute approximate surface area is 160 Å². The summed E-state index contributed by atoms with van der Waals surface area (Å²) in [6.07, 6.45) is 9.29. The molecule has 0 aliphatic rings. The van der Waals surface area contributed by atoms with Crippen LogP contribution < -0.4 is 4.74 Å². The van der Waals surface area contributed by atoms with Crippen LogP contribution in [0.25, 0.3) is 0 Å². The number of unbranched alkanes of at least 4 members (excludes halogenated alkanes) is 5. The molecule has 0 saturated carbocycles. The molecule has 0 N–H and O–H groups in total. The van der Waals surface area contributed by atoms with Gasteiger partial charge in [0.15, 0.2) is 12.6 Å². The van der Waals surface area contributed by atoms with Crippen LogP contribution in [-0.4, -0.2) is 19.2 Å². The molecule has 26 heavy (non-hydrogen) atoms. The van der Waals surface area contributed by atoms with Gasteiger partial charge in [-0.25, -0.2) is 0 Å². The van der Waals surface area contributed by atoms with E-state index in [0.29, 0.717) is 41.1 Å². The van der Waals surface area contributed by atoms with Crippen LogP contribution >= 0.6 is 11.6 Å². The molecule has 0 saturated heterocycles. The second-order valence-corrected chi connectivity index (χ2v) is 6.79. The van der Waals surface area contributed by atoms with Crippen molar-refractivity contribution in [1.82, 2.24) is 0 Å². The van der Waals surface area contributed by atoms with Gasteiger partial charge in [0.25, 0.3) is 0 Å². The van der Waals surface area contributed by atoms with Crippen LogP contribution in [0.15, 0.2) is 42.5 Å².